The highest BCUT2D eigenvalue weighted by Gasteiger charge is 2.18. The molecular formula is C13H15N3O5S. The summed E-state index contributed by atoms with van der Waals surface area (Å²) in [5, 5.41) is 8.63. The monoisotopic (exact) mass is 325 g/mol. The van der Waals surface area contributed by atoms with Gasteiger partial charge in [-0.3, -0.25) is 9.52 Å². The van der Waals surface area contributed by atoms with Gasteiger partial charge in [0.2, 0.25) is 0 Å². The van der Waals surface area contributed by atoms with Crippen molar-refractivity contribution in [3.8, 4) is 5.75 Å². The molecular weight excluding hydrogens is 310 g/mol. The molecule has 0 atom stereocenters. The fourth-order valence-electron chi connectivity index (χ4n) is 1.83. The molecule has 1 heterocycles. The van der Waals surface area contributed by atoms with Crippen LogP contribution in [0.1, 0.15) is 12.0 Å². The molecule has 1 aromatic carbocycles. The summed E-state index contributed by atoms with van der Waals surface area (Å²) in [6.45, 7) is 0. The first-order chi connectivity index (χ1) is 10.4. The van der Waals surface area contributed by atoms with Gasteiger partial charge in [0, 0.05) is 6.42 Å². The van der Waals surface area contributed by atoms with Gasteiger partial charge >= 0.3 is 5.97 Å². The van der Waals surface area contributed by atoms with Crippen LogP contribution in [0.3, 0.4) is 0 Å². The number of imidazole rings is 1. The molecule has 0 radical (unpaired) electrons. The number of H-pyrrole nitrogens is 1. The first-order valence-electron chi connectivity index (χ1n) is 6.32. The summed E-state index contributed by atoms with van der Waals surface area (Å²) in [6.07, 6.45) is 2.69. The highest BCUT2D eigenvalue weighted by molar-refractivity contribution is 7.92. The zero-order chi connectivity index (χ0) is 16.2. The van der Waals surface area contributed by atoms with Crippen LogP contribution in [0.5, 0.6) is 5.75 Å². The van der Waals surface area contributed by atoms with Crippen LogP contribution in [0, 0.1) is 0 Å². The molecule has 0 aliphatic rings. The van der Waals surface area contributed by atoms with Crippen molar-refractivity contribution >= 4 is 21.7 Å². The predicted molar refractivity (Wildman–Crippen MR) is 78.3 cm³/mol. The van der Waals surface area contributed by atoms with E-state index in [0.29, 0.717) is 11.3 Å². The lowest BCUT2D eigenvalue weighted by atomic mass is 10.1. The number of hydrogen-bond donors (Lipinski definition) is 3. The fourth-order valence-corrected chi connectivity index (χ4v) is 2.80. The number of ether oxygens (including phenoxy) is 1. The molecule has 2 rings (SSSR count). The molecule has 0 amide bonds. The number of aromatic nitrogens is 2. The Morgan fingerprint density at radius 1 is 1.45 bits per heavy atom. The van der Waals surface area contributed by atoms with Gasteiger partial charge in [-0.2, -0.15) is 8.42 Å². The summed E-state index contributed by atoms with van der Waals surface area (Å²) in [5.74, 6) is -0.586. The minimum Gasteiger partial charge on any atom is -0.495 e. The molecule has 8 nitrogen and oxygen atoms in total. The van der Waals surface area contributed by atoms with Crippen molar-refractivity contribution in [1.29, 1.82) is 0 Å². The molecule has 22 heavy (non-hydrogen) atoms. The Labute approximate surface area is 127 Å². The number of carboxylic acid groups (broad SMARTS) is 1. The van der Waals surface area contributed by atoms with Crippen molar-refractivity contribution in [3.05, 3.63) is 36.3 Å². The van der Waals surface area contributed by atoms with Crippen LogP contribution in [0.15, 0.2) is 35.7 Å². The van der Waals surface area contributed by atoms with E-state index < -0.39 is 16.0 Å². The van der Waals surface area contributed by atoms with E-state index in [4.69, 9.17) is 9.84 Å². The van der Waals surface area contributed by atoms with Crippen LogP contribution in [0.4, 0.5) is 5.69 Å². The number of sulfonamides is 1. The first-order valence-corrected chi connectivity index (χ1v) is 7.80. The third-order valence-corrected chi connectivity index (χ3v) is 4.19. The number of carboxylic acids is 1. The molecule has 0 aliphatic heterocycles. The largest absolute Gasteiger partial charge is 0.495 e. The maximum absolute atomic E-state index is 12.2. The zero-order valence-electron chi connectivity index (χ0n) is 11.7. The van der Waals surface area contributed by atoms with Crippen molar-refractivity contribution in [3.63, 3.8) is 0 Å². The smallest absolute Gasteiger partial charge is 0.303 e. The van der Waals surface area contributed by atoms with E-state index in [2.05, 4.69) is 14.7 Å². The summed E-state index contributed by atoms with van der Waals surface area (Å²) in [4.78, 5) is 16.8. The summed E-state index contributed by atoms with van der Waals surface area (Å²) in [7, 11) is -2.40. The molecule has 0 fully saturated rings. The maximum Gasteiger partial charge on any atom is 0.303 e. The van der Waals surface area contributed by atoms with E-state index in [0.717, 1.165) is 0 Å². The number of carbonyl (C=O) groups is 1. The van der Waals surface area contributed by atoms with Gasteiger partial charge in [0.1, 0.15) is 5.75 Å². The van der Waals surface area contributed by atoms with Gasteiger partial charge in [0.15, 0.2) is 5.03 Å². The zero-order valence-corrected chi connectivity index (χ0v) is 12.6. The second-order valence-corrected chi connectivity index (χ2v) is 6.10. The molecule has 0 unspecified atom stereocenters. The Morgan fingerprint density at radius 2 is 2.23 bits per heavy atom. The van der Waals surface area contributed by atoms with Gasteiger partial charge in [-0.05, 0) is 24.1 Å². The third kappa shape index (κ3) is 3.76. The van der Waals surface area contributed by atoms with E-state index in [1.54, 1.807) is 18.2 Å². The molecule has 2 aromatic rings. The Kier molecular flexibility index (Phi) is 4.66. The van der Waals surface area contributed by atoms with E-state index in [9.17, 15) is 13.2 Å². The molecule has 0 bridgehead atoms. The van der Waals surface area contributed by atoms with E-state index in [-0.39, 0.29) is 23.6 Å². The van der Waals surface area contributed by atoms with Gasteiger partial charge < -0.3 is 14.8 Å². The number of nitrogens with zero attached hydrogens (tertiary/aromatic N) is 1. The number of benzene rings is 1. The number of hydrogen-bond acceptors (Lipinski definition) is 5. The first kappa shape index (κ1) is 15.8. The molecule has 9 heteroatoms. The molecule has 3 N–H and O–H groups in total. The highest BCUT2D eigenvalue weighted by Crippen LogP contribution is 2.28. The van der Waals surface area contributed by atoms with E-state index >= 15 is 0 Å². The molecule has 1 aromatic heterocycles. The molecule has 0 saturated heterocycles. The number of anilines is 1. The number of methoxy groups -OCH3 is 1. The topological polar surface area (TPSA) is 121 Å². The molecule has 0 spiro atoms. The summed E-state index contributed by atoms with van der Waals surface area (Å²) >= 11 is 0. The van der Waals surface area contributed by atoms with Gasteiger partial charge in [0.05, 0.1) is 25.3 Å². The van der Waals surface area contributed by atoms with Gasteiger partial charge in [-0.1, -0.05) is 6.07 Å². The second-order valence-electron chi connectivity index (χ2n) is 4.45. The Balaban J connectivity index is 2.28. The summed E-state index contributed by atoms with van der Waals surface area (Å²) in [6, 6.07) is 4.83. The Bertz CT molecular complexity index is 756. The fraction of sp³-hybridized carbons (Fsp3) is 0.231. The summed E-state index contributed by atoms with van der Waals surface area (Å²) < 4.78 is 31.9. The van der Waals surface area contributed by atoms with Crippen LogP contribution in [0.25, 0.3) is 0 Å². The Morgan fingerprint density at radius 3 is 2.82 bits per heavy atom. The quantitative estimate of drug-likeness (QED) is 0.704. The third-order valence-electron chi connectivity index (χ3n) is 2.90. The average molecular weight is 325 g/mol. The number of aromatic amines is 1. The number of aliphatic carboxylic acids is 1. The minimum atomic E-state index is -3.82. The normalized spacial score (nSPS) is 11.1. The number of rotatable bonds is 7. The van der Waals surface area contributed by atoms with Crippen LogP contribution in [-0.4, -0.2) is 36.6 Å². The van der Waals surface area contributed by atoms with Gasteiger partial charge in [-0.15, -0.1) is 0 Å². The molecule has 0 aliphatic carbocycles. The van der Waals surface area contributed by atoms with Crippen LogP contribution >= 0.6 is 0 Å². The van der Waals surface area contributed by atoms with Crippen molar-refractivity contribution < 1.29 is 23.1 Å². The molecule has 118 valence electrons. The van der Waals surface area contributed by atoms with Crippen molar-refractivity contribution in [2.24, 2.45) is 0 Å². The van der Waals surface area contributed by atoms with Gasteiger partial charge in [-0.25, -0.2) is 4.98 Å². The van der Waals surface area contributed by atoms with E-state index in [1.165, 1.54) is 19.6 Å². The Hall–Kier alpha value is -2.55. The highest BCUT2D eigenvalue weighted by atomic mass is 32.2. The van der Waals surface area contributed by atoms with Gasteiger partial charge in [0.25, 0.3) is 10.0 Å². The maximum atomic E-state index is 12.2. The van der Waals surface area contributed by atoms with E-state index in [1.807, 2.05) is 0 Å². The standard InChI is InChI=1S/C13H15N3O5S/c1-21-11-4-2-9(3-5-13(17)18)6-10(11)16-22(19,20)12-7-14-8-15-12/h2,4,6-8,16H,3,5H2,1H3,(H,14,15)(H,17,18). The second kappa shape index (κ2) is 6.48. The summed E-state index contributed by atoms with van der Waals surface area (Å²) in [5.41, 5.74) is 0.922. The lowest BCUT2D eigenvalue weighted by Crippen LogP contribution is -2.14. The SMILES string of the molecule is COc1ccc(CCC(=O)O)cc1NS(=O)(=O)c1cnc[nH]1. The lowest BCUT2D eigenvalue weighted by Gasteiger charge is -2.12. The van der Waals surface area contributed by atoms with Crippen molar-refractivity contribution in [2.75, 3.05) is 11.8 Å². The molecule has 0 saturated carbocycles. The van der Waals surface area contributed by atoms with Crippen LogP contribution in [0.2, 0.25) is 0 Å². The average Bonchev–Trinajstić information content (AvgIpc) is 3.00. The minimum absolute atomic E-state index is 0.0426. The van der Waals surface area contributed by atoms with Crippen LogP contribution in [-0.2, 0) is 21.2 Å². The van der Waals surface area contributed by atoms with Crippen LogP contribution < -0.4 is 9.46 Å². The van der Waals surface area contributed by atoms with Crippen molar-refractivity contribution in [1.82, 2.24) is 9.97 Å². The number of aryl methyl sites for hydroxylation is 1. The number of nitrogens with one attached hydrogen (secondary N) is 2. The van der Waals surface area contributed by atoms with Crippen molar-refractivity contribution in [2.45, 2.75) is 17.9 Å². The predicted octanol–water partition coefficient (Wildman–Crippen LogP) is 1.24. The lowest BCUT2D eigenvalue weighted by molar-refractivity contribution is -0.136.